The Bertz CT molecular complexity index is 695. The molecule has 0 spiro atoms. The molecule has 0 aliphatic heterocycles. The average Bonchev–Trinajstić information content (AvgIpc) is 3.08. The van der Waals surface area contributed by atoms with Crippen molar-refractivity contribution in [3.05, 3.63) is 54.6 Å². The molecule has 2 aromatic heterocycles. The minimum absolute atomic E-state index is 0.504. The van der Waals surface area contributed by atoms with Crippen molar-refractivity contribution >= 4 is 11.9 Å². The van der Waals surface area contributed by atoms with E-state index >= 15 is 0 Å². The highest BCUT2D eigenvalue weighted by Crippen LogP contribution is 2.10. The minimum atomic E-state index is 0.504. The van der Waals surface area contributed by atoms with Crippen LogP contribution in [0.3, 0.4) is 0 Å². The smallest absolute Gasteiger partial charge is 0.241 e. The molecule has 0 saturated carbocycles. The third-order valence-corrected chi connectivity index (χ3v) is 2.88. The summed E-state index contributed by atoms with van der Waals surface area (Å²) in [5.74, 6) is 1.54. The summed E-state index contributed by atoms with van der Waals surface area (Å²) in [6.45, 7) is 0.650. The summed E-state index contributed by atoms with van der Waals surface area (Å²) in [7, 11) is 1.77. The zero-order valence-corrected chi connectivity index (χ0v) is 11.6. The van der Waals surface area contributed by atoms with Crippen LogP contribution in [-0.2, 0) is 6.54 Å². The van der Waals surface area contributed by atoms with Gasteiger partial charge in [-0.25, -0.2) is 4.98 Å². The first-order valence-electron chi connectivity index (χ1n) is 6.55. The van der Waals surface area contributed by atoms with Gasteiger partial charge < -0.3 is 10.6 Å². The highest BCUT2D eigenvalue weighted by molar-refractivity contribution is 5.38. The monoisotopic (exact) mass is 281 g/mol. The summed E-state index contributed by atoms with van der Waals surface area (Å²) in [6.07, 6.45) is 5.12. The molecular formula is C14H15N7. The Morgan fingerprint density at radius 3 is 2.57 bits per heavy atom. The Balaban J connectivity index is 1.83. The van der Waals surface area contributed by atoms with Crippen molar-refractivity contribution in [3.63, 3.8) is 0 Å². The number of nitrogens with one attached hydrogen (secondary N) is 2. The fourth-order valence-corrected chi connectivity index (χ4v) is 1.83. The molecule has 0 bridgehead atoms. The number of rotatable bonds is 5. The van der Waals surface area contributed by atoms with Gasteiger partial charge in [0.05, 0.1) is 0 Å². The van der Waals surface area contributed by atoms with Crippen molar-refractivity contribution in [1.29, 1.82) is 0 Å². The fraction of sp³-hybridized carbons (Fsp3) is 0.143. The van der Waals surface area contributed by atoms with Crippen LogP contribution < -0.4 is 10.6 Å². The largest absolute Gasteiger partial charge is 0.357 e. The topological polar surface area (TPSA) is 80.5 Å². The van der Waals surface area contributed by atoms with Crippen LogP contribution >= 0.6 is 0 Å². The number of anilines is 2. The third-order valence-electron chi connectivity index (χ3n) is 2.88. The van der Waals surface area contributed by atoms with Crippen molar-refractivity contribution < 1.29 is 0 Å². The quantitative estimate of drug-likeness (QED) is 0.741. The molecule has 3 rings (SSSR count). The van der Waals surface area contributed by atoms with Crippen molar-refractivity contribution in [2.75, 3.05) is 17.7 Å². The molecule has 0 saturated heterocycles. The van der Waals surface area contributed by atoms with E-state index in [4.69, 9.17) is 0 Å². The standard InChI is InChI=1S/C14H15N7/c1-15-12-18-13(17-9-11-5-3-2-4-6-11)20-14(19-12)21-8-7-16-10-21/h2-8,10H,9H2,1H3,(H2,15,17,18,19,20). The molecule has 0 radical (unpaired) electrons. The summed E-state index contributed by atoms with van der Waals surface area (Å²) in [4.78, 5) is 17.0. The van der Waals surface area contributed by atoms with Gasteiger partial charge in [-0.05, 0) is 5.56 Å². The molecule has 0 aliphatic carbocycles. The van der Waals surface area contributed by atoms with Crippen molar-refractivity contribution in [2.45, 2.75) is 6.54 Å². The number of hydrogen-bond donors (Lipinski definition) is 2. The average molecular weight is 281 g/mol. The van der Waals surface area contributed by atoms with Gasteiger partial charge in [0.2, 0.25) is 17.8 Å². The molecule has 0 unspecified atom stereocenters. The van der Waals surface area contributed by atoms with Gasteiger partial charge in [-0.3, -0.25) is 4.57 Å². The third kappa shape index (κ3) is 3.14. The van der Waals surface area contributed by atoms with E-state index in [9.17, 15) is 0 Å². The van der Waals surface area contributed by atoms with Crippen molar-refractivity contribution in [2.24, 2.45) is 0 Å². The van der Waals surface area contributed by atoms with Crippen LogP contribution in [0.4, 0.5) is 11.9 Å². The van der Waals surface area contributed by atoms with Crippen molar-refractivity contribution in [1.82, 2.24) is 24.5 Å². The molecule has 2 heterocycles. The zero-order chi connectivity index (χ0) is 14.5. The molecule has 0 aliphatic rings. The van der Waals surface area contributed by atoms with E-state index in [0.29, 0.717) is 24.4 Å². The fourth-order valence-electron chi connectivity index (χ4n) is 1.83. The van der Waals surface area contributed by atoms with Crippen LogP contribution in [0.5, 0.6) is 0 Å². The van der Waals surface area contributed by atoms with Crippen LogP contribution in [-0.4, -0.2) is 31.6 Å². The lowest BCUT2D eigenvalue weighted by atomic mass is 10.2. The maximum atomic E-state index is 4.39. The molecule has 21 heavy (non-hydrogen) atoms. The Morgan fingerprint density at radius 2 is 1.86 bits per heavy atom. The second-order valence-electron chi connectivity index (χ2n) is 4.34. The normalized spacial score (nSPS) is 10.3. The second kappa shape index (κ2) is 6.00. The van der Waals surface area contributed by atoms with E-state index in [2.05, 4.69) is 30.6 Å². The van der Waals surface area contributed by atoms with E-state index in [1.165, 1.54) is 0 Å². The SMILES string of the molecule is CNc1nc(NCc2ccccc2)nc(-n2ccnc2)n1. The van der Waals surface area contributed by atoms with Gasteiger partial charge in [-0.2, -0.15) is 15.0 Å². The molecule has 7 heteroatoms. The van der Waals surface area contributed by atoms with Crippen LogP contribution in [0, 0.1) is 0 Å². The predicted octanol–water partition coefficient (Wildman–Crippen LogP) is 1.71. The zero-order valence-electron chi connectivity index (χ0n) is 11.6. The molecule has 3 aromatic rings. The lowest BCUT2D eigenvalue weighted by Gasteiger charge is -2.08. The second-order valence-corrected chi connectivity index (χ2v) is 4.34. The van der Waals surface area contributed by atoms with Gasteiger partial charge in [0.1, 0.15) is 6.33 Å². The first-order valence-corrected chi connectivity index (χ1v) is 6.55. The van der Waals surface area contributed by atoms with Gasteiger partial charge >= 0.3 is 0 Å². The molecule has 2 N–H and O–H groups in total. The summed E-state index contributed by atoms with van der Waals surface area (Å²) in [5, 5.41) is 6.13. The predicted molar refractivity (Wildman–Crippen MR) is 80.3 cm³/mol. The van der Waals surface area contributed by atoms with E-state index in [1.54, 1.807) is 30.3 Å². The first kappa shape index (κ1) is 13.0. The van der Waals surface area contributed by atoms with Crippen LogP contribution in [0.15, 0.2) is 49.1 Å². The summed E-state index contributed by atoms with van der Waals surface area (Å²) < 4.78 is 1.73. The Morgan fingerprint density at radius 1 is 1.05 bits per heavy atom. The van der Waals surface area contributed by atoms with E-state index in [0.717, 1.165) is 5.56 Å². The lowest BCUT2D eigenvalue weighted by Crippen LogP contribution is -2.10. The van der Waals surface area contributed by atoms with Crippen LogP contribution in [0.2, 0.25) is 0 Å². The Kier molecular flexibility index (Phi) is 3.72. The van der Waals surface area contributed by atoms with Gasteiger partial charge in [-0.15, -0.1) is 0 Å². The number of aromatic nitrogens is 5. The van der Waals surface area contributed by atoms with Gasteiger partial charge in [0.25, 0.3) is 0 Å². The number of benzene rings is 1. The number of imidazole rings is 1. The summed E-state index contributed by atoms with van der Waals surface area (Å²) in [5.41, 5.74) is 1.16. The van der Waals surface area contributed by atoms with Crippen molar-refractivity contribution in [3.8, 4) is 5.95 Å². The molecule has 7 nitrogen and oxygen atoms in total. The van der Waals surface area contributed by atoms with E-state index < -0.39 is 0 Å². The molecule has 0 fully saturated rings. The van der Waals surface area contributed by atoms with Gasteiger partial charge in [-0.1, -0.05) is 30.3 Å². The Labute approximate surface area is 122 Å². The van der Waals surface area contributed by atoms with Gasteiger partial charge in [0, 0.05) is 26.0 Å². The molecule has 1 aromatic carbocycles. The maximum Gasteiger partial charge on any atom is 0.241 e. The lowest BCUT2D eigenvalue weighted by molar-refractivity contribution is 0.891. The highest BCUT2D eigenvalue weighted by atomic mass is 15.3. The van der Waals surface area contributed by atoms with Crippen LogP contribution in [0.25, 0.3) is 5.95 Å². The maximum absolute atomic E-state index is 4.39. The molecular weight excluding hydrogens is 266 g/mol. The number of hydrogen-bond acceptors (Lipinski definition) is 6. The number of nitrogens with zero attached hydrogens (tertiary/aromatic N) is 5. The summed E-state index contributed by atoms with van der Waals surface area (Å²) >= 11 is 0. The molecule has 106 valence electrons. The minimum Gasteiger partial charge on any atom is -0.357 e. The molecule has 0 amide bonds. The first-order chi connectivity index (χ1) is 10.3. The Hall–Kier alpha value is -2.96. The summed E-state index contributed by atoms with van der Waals surface area (Å²) in [6, 6.07) is 10.1. The van der Waals surface area contributed by atoms with Crippen LogP contribution in [0.1, 0.15) is 5.56 Å². The molecule has 0 atom stereocenters. The highest BCUT2D eigenvalue weighted by Gasteiger charge is 2.06. The van der Waals surface area contributed by atoms with E-state index in [-0.39, 0.29) is 0 Å². The van der Waals surface area contributed by atoms with E-state index in [1.807, 2.05) is 30.3 Å². The van der Waals surface area contributed by atoms with Gasteiger partial charge in [0.15, 0.2) is 0 Å².